The summed E-state index contributed by atoms with van der Waals surface area (Å²) in [5, 5.41) is 5.30. The van der Waals surface area contributed by atoms with Crippen molar-refractivity contribution in [1.82, 2.24) is 16.8 Å². The number of nitrogens with one attached hydrogen (secondary N) is 2. The van der Waals surface area contributed by atoms with Crippen molar-refractivity contribution in [3.05, 3.63) is 0 Å². The maximum atomic E-state index is 11.6. The molecule has 0 aromatic rings. The lowest BCUT2D eigenvalue weighted by molar-refractivity contribution is -0.130. The average molecular weight is 262 g/mol. The van der Waals surface area contributed by atoms with Crippen LogP contribution in [0.3, 0.4) is 0 Å². The van der Waals surface area contributed by atoms with Crippen LogP contribution in [-0.4, -0.2) is 30.4 Å². The maximum Gasteiger partial charge on any atom is 0.242 e. The average Bonchev–Trinajstić information content (AvgIpc) is 2.27. The summed E-state index contributed by atoms with van der Waals surface area (Å²) in [6.07, 6.45) is 0. The van der Waals surface area contributed by atoms with E-state index in [-0.39, 0.29) is 23.9 Å². The topological polar surface area (TPSA) is 119 Å². The molecule has 1 unspecified atom stereocenters. The van der Waals surface area contributed by atoms with Gasteiger partial charge in [-0.3, -0.25) is 9.59 Å². The summed E-state index contributed by atoms with van der Waals surface area (Å²) in [4.78, 5) is 22.9. The Bertz CT molecular complexity index is 230. The van der Waals surface area contributed by atoms with Crippen LogP contribution in [-0.2, 0) is 9.59 Å². The highest BCUT2D eigenvalue weighted by Gasteiger charge is 2.24. The largest absolute Gasteiger partial charge is 0.355 e. The van der Waals surface area contributed by atoms with Gasteiger partial charge < -0.3 is 22.5 Å². The van der Waals surface area contributed by atoms with E-state index in [1.54, 1.807) is 6.92 Å². The molecule has 6 nitrogen and oxygen atoms in total. The molecular weight excluding hydrogens is 232 g/mol. The third-order valence-electron chi connectivity index (χ3n) is 2.01. The maximum absolute atomic E-state index is 11.6. The van der Waals surface area contributed by atoms with E-state index in [0.717, 1.165) is 0 Å². The third-order valence-corrected chi connectivity index (χ3v) is 2.01. The molecule has 0 saturated heterocycles. The van der Waals surface area contributed by atoms with Crippen molar-refractivity contribution in [2.24, 2.45) is 11.7 Å². The zero-order valence-corrected chi connectivity index (χ0v) is 12.5. The van der Waals surface area contributed by atoms with Crippen LogP contribution in [0.5, 0.6) is 0 Å². The highest BCUT2D eigenvalue weighted by Crippen LogP contribution is 2.01. The molecule has 0 heterocycles. The van der Waals surface area contributed by atoms with Crippen LogP contribution in [0.1, 0.15) is 41.5 Å². The van der Waals surface area contributed by atoms with E-state index in [1.807, 2.05) is 34.6 Å². The van der Waals surface area contributed by atoms with Gasteiger partial charge in [-0.25, -0.2) is 0 Å². The van der Waals surface area contributed by atoms with Crippen LogP contribution < -0.4 is 22.5 Å². The van der Waals surface area contributed by atoms with Crippen molar-refractivity contribution in [3.8, 4) is 0 Å². The van der Waals surface area contributed by atoms with Gasteiger partial charge in [-0.15, -0.1) is 0 Å². The van der Waals surface area contributed by atoms with Gasteiger partial charge in [0.05, 0.1) is 6.04 Å². The number of nitrogens with two attached hydrogens (primary N) is 1. The minimum absolute atomic E-state index is 0. The summed E-state index contributed by atoms with van der Waals surface area (Å²) in [7, 11) is 0. The van der Waals surface area contributed by atoms with E-state index in [2.05, 4.69) is 10.6 Å². The second-order valence-corrected chi connectivity index (χ2v) is 3.91. The first kappa shape index (κ1) is 22.1. The Morgan fingerprint density at radius 2 is 1.56 bits per heavy atom. The Kier molecular flexibility index (Phi) is 15.1. The van der Waals surface area contributed by atoms with Crippen LogP contribution >= 0.6 is 0 Å². The Balaban J connectivity index is -0.000000709. The minimum Gasteiger partial charge on any atom is -0.355 e. The van der Waals surface area contributed by atoms with Crippen molar-refractivity contribution in [2.75, 3.05) is 6.54 Å². The number of hydrogen-bond donors (Lipinski definition) is 4. The first-order valence-corrected chi connectivity index (χ1v) is 6.23. The predicted molar refractivity (Wildman–Crippen MR) is 75.5 cm³/mol. The Morgan fingerprint density at radius 1 is 1.11 bits per heavy atom. The number of carbonyl (C=O) groups excluding carboxylic acids is 2. The van der Waals surface area contributed by atoms with E-state index in [9.17, 15) is 9.59 Å². The van der Waals surface area contributed by atoms with Crippen LogP contribution in [0.2, 0.25) is 0 Å². The van der Waals surface area contributed by atoms with Gasteiger partial charge in [-0.05, 0) is 19.8 Å². The Labute approximate surface area is 111 Å². The molecular formula is C12H30N4O2. The Hall–Kier alpha value is -1.14. The molecule has 7 N–H and O–H groups in total. The zero-order chi connectivity index (χ0) is 14.0. The normalized spacial score (nSPS) is 12.4. The van der Waals surface area contributed by atoms with E-state index >= 15 is 0 Å². The van der Waals surface area contributed by atoms with Gasteiger partial charge in [0.15, 0.2) is 0 Å². The molecule has 0 aliphatic heterocycles. The molecule has 0 aromatic heterocycles. The summed E-state index contributed by atoms with van der Waals surface area (Å²) < 4.78 is 0. The lowest BCUT2D eigenvalue weighted by Crippen LogP contribution is -2.53. The molecule has 0 aliphatic carbocycles. The molecule has 0 spiro atoms. The highest BCUT2D eigenvalue weighted by molar-refractivity contribution is 5.89. The predicted octanol–water partition coefficient (Wildman–Crippen LogP) is 0.799. The summed E-state index contributed by atoms with van der Waals surface area (Å²) in [6.45, 7) is 11.7. The van der Waals surface area contributed by atoms with Gasteiger partial charge in [0.25, 0.3) is 0 Å². The van der Waals surface area contributed by atoms with E-state index in [1.165, 1.54) is 0 Å². The molecule has 0 radical (unpaired) electrons. The molecule has 0 bridgehead atoms. The van der Waals surface area contributed by atoms with Gasteiger partial charge in [0.2, 0.25) is 11.8 Å². The van der Waals surface area contributed by atoms with Crippen molar-refractivity contribution >= 4 is 11.8 Å². The SMILES string of the molecule is CC.CCNC(=O)C(NC(=O)[C@H](C)N)C(C)C.N. The molecule has 0 saturated carbocycles. The molecule has 2 amide bonds. The van der Waals surface area contributed by atoms with Crippen LogP contribution in [0.25, 0.3) is 0 Å². The van der Waals surface area contributed by atoms with Crippen LogP contribution in [0.15, 0.2) is 0 Å². The highest BCUT2D eigenvalue weighted by atomic mass is 16.2. The summed E-state index contributed by atoms with van der Waals surface area (Å²) >= 11 is 0. The number of rotatable bonds is 5. The summed E-state index contributed by atoms with van der Waals surface area (Å²) in [5.74, 6) is -0.430. The number of amides is 2. The van der Waals surface area contributed by atoms with Gasteiger partial charge >= 0.3 is 0 Å². The van der Waals surface area contributed by atoms with E-state index in [4.69, 9.17) is 5.73 Å². The number of hydrogen-bond acceptors (Lipinski definition) is 4. The fourth-order valence-electron chi connectivity index (χ4n) is 1.10. The molecule has 6 heteroatoms. The number of likely N-dealkylation sites (N-methyl/N-ethyl adjacent to an activating group) is 1. The molecule has 18 heavy (non-hydrogen) atoms. The van der Waals surface area contributed by atoms with E-state index in [0.29, 0.717) is 6.54 Å². The van der Waals surface area contributed by atoms with Crippen LogP contribution in [0, 0.1) is 5.92 Å². The molecule has 110 valence electrons. The van der Waals surface area contributed by atoms with Crippen molar-refractivity contribution in [1.29, 1.82) is 0 Å². The van der Waals surface area contributed by atoms with Gasteiger partial charge in [0.1, 0.15) is 6.04 Å². The van der Waals surface area contributed by atoms with Crippen molar-refractivity contribution in [2.45, 2.75) is 53.6 Å². The smallest absolute Gasteiger partial charge is 0.242 e. The summed E-state index contributed by atoms with van der Waals surface area (Å²) in [5.41, 5.74) is 5.41. The summed E-state index contributed by atoms with van der Waals surface area (Å²) in [6, 6.07) is -1.11. The number of carbonyl (C=O) groups is 2. The van der Waals surface area contributed by atoms with Crippen molar-refractivity contribution in [3.63, 3.8) is 0 Å². The molecule has 0 aromatic carbocycles. The zero-order valence-electron chi connectivity index (χ0n) is 12.5. The first-order valence-electron chi connectivity index (χ1n) is 6.23. The molecule has 0 rings (SSSR count). The second-order valence-electron chi connectivity index (χ2n) is 3.91. The van der Waals surface area contributed by atoms with Crippen molar-refractivity contribution < 1.29 is 9.59 Å². The standard InChI is InChI=1S/C10H21N3O2.C2H6.H3N/c1-5-12-10(15)8(6(2)3)13-9(14)7(4)11;1-2;/h6-8H,5,11H2,1-4H3,(H,12,15)(H,13,14);1-2H3;1H3/t7-,8?;;/m0../s1. The minimum atomic E-state index is -0.597. The monoisotopic (exact) mass is 262 g/mol. The molecule has 2 atom stereocenters. The van der Waals surface area contributed by atoms with Crippen LogP contribution in [0.4, 0.5) is 0 Å². The quantitative estimate of drug-likeness (QED) is 0.585. The third kappa shape index (κ3) is 8.95. The van der Waals surface area contributed by atoms with Gasteiger partial charge in [0, 0.05) is 6.54 Å². The van der Waals surface area contributed by atoms with Gasteiger partial charge in [-0.1, -0.05) is 27.7 Å². The lowest BCUT2D eigenvalue weighted by atomic mass is 10.0. The lowest BCUT2D eigenvalue weighted by Gasteiger charge is -2.22. The second kappa shape index (κ2) is 12.3. The first-order chi connectivity index (χ1) is 7.90. The fourth-order valence-corrected chi connectivity index (χ4v) is 1.10. The van der Waals surface area contributed by atoms with Gasteiger partial charge in [-0.2, -0.15) is 0 Å². The van der Waals surface area contributed by atoms with E-state index < -0.39 is 12.1 Å². The Morgan fingerprint density at radius 3 is 1.83 bits per heavy atom. The molecule has 0 fully saturated rings. The molecule has 0 aliphatic rings. The fraction of sp³-hybridized carbons (Fsp3) is 0.833.